The van der Waals surface area contributed by atoms with E-state index >= 15 is 0 Å². The van der Waals surface area contributed by atoms with Crippen LogP contribution < -0.4 is 0 Å². The second-order valence-electron chi connectivity index (χ2n) is 13.1. The third-order valence-corrected chi connectivity index (χ3v) is 11.0. The van der Waals surface area contributed by atoms with Gasteiger partial charge in [-0.15, -0.1) is 11.3 Å². The molecule has 53 heavy (non-hydrogen) atoms. The van der Waals surface area contributed by atoms with Crippen LogP contribution in [0.15, 0.2) is 168 Å². The molecular weight excluding hydrogens is 671 g/mol. The van der Waals surface area contributed by atoms with E-state index in [1.165, 1.54) is 26.5 Å². The Bertz CT molecular complexity index is 3090. The fourth-order valence-corrected chi connectivity index (χ4v) is 8.56. The van der Waals surface area contributed by atoms with Crippen LogP contribution in [0.5, 0.6) is 0 Å². The average Bonchev–Trinajstić information content (AvgIpc) is 3.93. The van der Waals surface area contributed by atoms with Crippen molar-refractivity contribution in [1.82, 2.24) is 24.5 Å². The van der Waals surface area contributed by atoms with Gasteiger partial charge in [0.25, 0.3) is 0 Å². The average molecular weight is 698 g/mol. The Hall–Kier alpha value is -6.96. The molecule has 0 spiro atoms. The summed E-state index contributed by atoms with van der Waals surface area (Å²) >= 11 is 1.76. The van der Waals surface area contributed by atoms with Crippen molar-refractivity contribution in [3.05, 3.63) is 164 Å². The van der Waals surface area contributed by atoms with Gasteiger partial charge in [0.2, 0.25) is 5.89 Å². The molecular formula is C46H27N5OS. The highest BCUT2D eigenvalue weighted by Gasteiger charge is 2.19. The lowest BCUT2D eigenvalue weighted by molar-refractivity contribution is 0.620. The molecule has 0 saturated heterocycles. The number of hydrogen-bond acceptors (Lipinski definition) is 6. The smallest absolute Gasteiger partial charge is 0.227 e. The topological polar surface area (TPSA) is 69.6 Å². The molecule has 0 radical (unpaired) electrons. The van der Waals surface area contributed by atoms with Crippen LogP contribution in [0.4, 0.5) is 0 Å². The van der Waals surface area contributed by atoms with E-state index in [9.17, 15) is 0 Å². The van der Waals surface area contributed by atoms with E-state index in [0.29, 0.717) is 23.4 Å². The number of fused-ring (bicyclic) bond motifs is 7. The van der Waals surface area contributed by atoms with Crippen molar-refractivity contribution in [2.45, 2.75) is 0 Å². The minimum atomic E-state index is 0.600. The molecule has 0 amide bonds. The third kappa shape index (κ3) is 4.86. The number of thiophene rings is 1. The van der Waals surface area contributed by atoms with Crippen LogP contribution in [0.1, 0.15) is 0 Å². The molecule has 11 aromatic rings. The van der Waals surface area contributed by atoms with Gasteiger partial charge in [0.05, 0.1) is 11.0 Å². The molecule has 11 rings (SSSR count). The highest BCUT2D eigenvalue weighted by molar-refractivity contribution is 7.26. The largest absolute Gasteiger partial charge is 0.436 e. The highest BCUT2D eigenvalue weighted by Crippen LogP contribution is 2.42. The zero-order valence-corrected chi connectivity index (χ0v) is 29.0. The zero-order valence-electron chi connectivity index (χ0n) is 28.1. The number of nitrogens with zero attached hydrogens (tertiary/aromatic N) is 5. The summed E-state index contributed by atoms with van der Waals surface area (Å²) in [6.07, 6.45) is 0. The monoisotopic (exact) mass is 697 g/mol. The summed E-state index contributed by atoms with van der Waals surface area (Å²) < 4.78 is 10.8. The molecule has 4 heterocycles. The van der Waals surface area contributed by atoms with Crippen LogP contribution >= 0.6 is 11.3 Å². The SMILES string of the molecule is c1ccc(-c2nc(-c3ccc(-n4c5ccccc5c5ccccc54)cc3)nc(-c3cccc4sc5ccc(-c6nc7ccccc7o6)cc5c34)n2)cc1. The van der Waals surface area contributed by atoms with Crippen molar-refractivity contribution >= 4 is 64.4 Å². The molecule has 0 bridgehead atoms. The minimum Gasteiger partial charge on any atom is -0.436 e. The Morgan fingerprint density at radius 1 is 0.453 bits per heavy atom. The van der Waals surface area contributed by atoms with Gasteiger partial charge in [-0.25, -0.2) is 19.9 Å². The van der Waals surface area contributed by atoms with Crippen LogP contribution in [0.25, 0.3) is 104 Å². The van der Waals surface area contributed by atoms with Gasteiger partial charge in [-0.1, -0.05) is 91.0 Å². The minimum absolute atomic E-state index is 0.600. The predicted molar refractivity (Wildman–Crippen MR) is 216 cm³/mol. The van der Waals surface area contributed by atoms with Crippen molar-refractivity contribution in [2.75, 3.05) is 0 Å². The van der Waals surface area contributed by atoms with E-state index in [-0.39, 0.29) is 0 Å². The standard InChI is InChI=1S/C46H27N5OS/c1-2-11-28(12-3-1)43-48-44(29-21-24-31(25-22-29)51-37-17-7-4-13-32(37)33-14-5-8-18-38(33)51)50-45(49-43)34-15-10-20-41-42(34)35-27-30(23-26-40(35)53-41)46-47-36-16-6-9-19-39(36)52-46/h1-27H. The third-order valence-electron chi connectivity index (χ3n) is 9.91. The first-order chi connectivity index (χ1) is 26.2. The number of hydrogen-bond donors (Lipinski definition) is 0. The summed E-state index contributed by atoms with van der Waals surface area (Å²) in [5, 5.41) is 4.68. The molecule has 0 aliphatic carbocycles. The van der Waals surface area contributed by atoms with E-state index in [1.54, 1.807) is 11.3 Å². The van der Waals surface area contributed by atoms with Crippen LogP contribution in [0.2, 0.25) is 0 Å². The molecule has 248 valence electrons. The number of benzene rings is 7. The maximum absolute atomic E-state index is 6.17. The lowest BCUT2D eigenvalue weighted by Crippen LogP contribution is -2.01. The second-order valence-corrected chi connectivity index (χ2v) is 14.2. The molecule has 0 aliphatic rings. The molecule has 0 atom stereocenters. The van der Waals surface area contributed by atoms with Gasteiger partial charge in [0.1, 0.15) is 5.52 Å². The van der Waals surface area contributed by atoms with E-state index < -0.39 is 0 Å². The van der Waals surface area contributed by atoms with Crippen molar-refractivity contribution in [2.24, 2.45) is 0 Å². The Morgan fingerprint density at radius 3 is 1.85 bits per heavy atom. The fraction of sp³-hybridized carbons (Fsp3) is 0. The molecule has 0 aliphatic heterocycles. The van der Waals surface area contributed by atoms with Crippen LogP contribution in [-0.4, -0.2) is 24.5 Å². The van der Waals surface area contributed by atoms with E-state index in [1.807, 2.05) is 54.6 Å². The quantitative estimate of drug-likeness (QED) is 0.179. The van der Waals surface area contributed by atoms with Gasteiger partial charge in [0.15, 0.2) is 23.1 Å². The van der Waals surface area contributed by atoms with E-state index in [2.05, 4.69) is 114 Å². The van der Waals surface area contributed by atoms with Crippen LogP contribution in [0, 0.1) is 0 Å². The summed E-state index contributed by atoms with van der Waals surface area (Å²) in [5.41, 5.74) is 8.75. The normalized spacial score (nSPS) is 11.8. The first-order valence-electron chi connectivity index (χ1n) is 17.5. The summed E-state index contributed by atoms with van der Waals surface area (Å²) in [6, 6.07) is 56.4. The maximum atomic E-state index is 6.17. The van der Waals surface area contributed by atoms with Crippen LogP contribution in [0.3, 0.4) is 0 Å². The van der Waals surface area contributed by atoms with Crippen LogP contribution in [-0.2, 0) is 0 Å². The van der Waals surface area contributed by atoms with Crippen molar-refractivity contribution in [3.8, 4) is 51.3 Å². The van der Waals surface area contributed by atoms with Crippen molar-refractivity contribution < 1.29 is 4.42 Å². The van der Waals surface area contributed by atoms with E-state index in [0.717, 1.165) is 54.5 Å². The molecule has 7 aromatic carbocycles. The lowest BCUT2D eigenvalue weighted by Gasteiger charge is -2.11. The maximum Gasteiger partial charge on any atom is 0.227 e. The number of aromatic nitrogens is 5. The number of para-hydroxylation sites is 4. The molecule has 0 fully saturated rings. The van der Waals surface area contributed by atoms with Crippen molar-refractivity contribution in [3.63, 3.8) is 0 Å². The highest BCUT2D eigenvalue weighted by atomic mass is 32.1. The Labute approximate surface area is 307 Å². The molecule has 0 saturated carbocycles. The first-order valence-corrected chi connectivity index (χ1v) is 18.3. The molecule has 6 nitrogen and oxygen atoms in total. The fourth-order valence-electron chi connectivity index (χ4n) is 7.44. The van der Waals surface area contributed by atoms with Gasteiger partial charge in [-0.05, 0) is 72.8 Å². The molecule has 0 unspecified atom stereocenters. The molecule has 7 heteroatoms. The van der Waals surface area contributed by atoms with Gasteiger partial charge in [0, 0.05) is 58.9 Å². The predicted octanol–water partition coefficient (Wildman–Crippen LogP) is 12.1. The molecule has 0 N–H and O–H groups in total. The van der Waals surface area contributed by atoms with Gasteiger partial charge >= 0.3 is 0 Å². The summed E-state index contributed by atoms with van der Waals surface area (Å²) in [7, 11) is 0. The van der Waals surface area contributed by atoms with Gasteiger partial charge in [-0.3, -0.25) is 0 Å². The number of rotatable bonds is 5. The summed E-state index contributed by atoms with van der Waals surface area (Å²) in [5.74, 6) is 2.47. The van der Waals surface area contributed by atoms with E-state index in [4.69, 9.17) is 24.4 Å². The first kappa shape index (κ1) is 29.7. The Balaban J connectivity index is 1.07. The Kier molecular flexibility index (Phi) is 6.62. The summed E-state index contributed by atoms with van der Waals surface area (Å²) in [4.78, 5) is 20.1. The molecule has 4 aromatic heterocycles. The Morgan fingerprint density at radius 2 is 1.09 bits per heavy atom. The summed E-state index contributed by atoms with van der Waals surface area (Å²) in [6.45, 7) is 0. The van der Waals surface area contributed by atoms with Crippen molar-refractivity contribution in [1.29, 1.82) is 0 Å². The van der Waals surface area contributed by atoms with Gasteiger partial charge < -0.3 is 8.98 Å². The number of oxazole rings is 1. The van der Waals surface area contributed by atoms with Gasteiger partial charge in [-0.2, -0.15) is 0 Å². The second kappa shape index (κ2) is 11.8. The lowest BCUT2D eigenvalue weighted by atomic mass is 10.0. The zero-order chi connectivity index (χ0) is 34.9.